The summed E-state index contributed by atoms with van der Waals surface area (Å²) in [4.78, 5) is 7.66. The molecule has 1 aromatic heterocycles. The summed E-state index contributed by atoms with van der Waals surface area (Å²) in [5.74, 6) is 0.725. The lowest BCUT2D eigenvalue weighted by Gasteiger charge is -2.15. The van der Waals surface area contributed by atoms with Crippen LogP contribution in [-0.2, 0) is 0 Å². The maximum atomic E-state index is 5.66. The van der Waals surface area contributed by atoms with E-state index in [4.69, 9.17) is 17.2 Å². The first-order valence-electron chi connectivity index (χ1n) is 4.17. The summed E-state index contributed by atoms with van der Waals surface area (Å²) in [6.07, 6.45) is 0.0194. The van der Waals surface area contributed by atoms with Crippen LogP contribution in [0.3, 0.4) is 0 Å². The van der Waals surface area contributed by atoms with Crippen molar-refractivity contribution in [3.63, 3.8) is 0 Å². The van der Waals surface area contributed by atoms with Crippen LogP contribution in [0.25, 0.3) is 0 Å². The first-order valence-corrected chi connectivity index (χ1v) is 4.17. The molecule has 1 atom stereocenters. The molecule has 1 aromatic rings. The van der Waals surface area contributed by atoms with Crippen molar-refractivity contribution in [1.82, 2.24) is 15.3 Å². The molecule has 0 bridgehead atoms. The largest absolute Gasteiger partial charge is 0.393 e. The van der Waals surface area contributed by atoms with Gasteiger partial charge in [0.15, 0.2) is 11.6 Å². The third-order valence-electron chi connectivity index (χ3n) is 1.78. The van der Waals surface area contributed by atoms with Crippen molar-refractivity contribution in [2.75, 3.05) is 29.6 Å². The highest BCUT2D eigenvalue weighted by atomic mass is 15.2. The Kier molecular flexibility index (Phi) is 2.92. The molecular weight excluding hydrogens is 182 g/mol. The highest BCUT2D eigenvalue weighted by molar-refractivity contribution is 5.74. The zero-order valence-electron chi connectivity index (χ0n) is 8.20. The summed E-state index contributed by atoms with van der Waals surface area (Å²) in [5.41, 5.74) is 16.9. The molecule has 0 amide bonds. The molecule has 0 aliphatic rings. The molecule has 0 saturated heterocycles. The number of nitrogens with zero attached hydrogens (tertiary/aromatic N) is 2. The van der Waals surface area contributed by atoms with E-state index in [9.17, 15) is 0 Å². The van der Waals surface area contributed by atoms with Gasteiger partial charge < -0.3 is 27.8 Å². The van der Waals surface area contributed by atoms with Crippen LogP contribution in [-0.4, -0.2) is 23.2 Å². The molecule has 0 saturated carbocycles. The molecular formula is C7H15N7. The molecule has 7 nitrogen and oxygen atoms in total. The molecule has 78 valence electrons. The fraction of sp³-hybridized carbons (Fsp3) is 0.429. The zero-order valence-corrected chi connectivity index (χ0v) is 8.20. The summed E-state index contributed by atoms with van der Waals surface area (Å²) in [5, 5.41) is 5.97. The van der Waals surface area contributed by atoms with Gasteiger partial charge in [-0.2, -0.15) is 9.97 Å². The summed E-state index contributed by atoms with van der Waals surface area (Å²) in [6.45, 7) is 1.91. The average molecular weight is 197 g/mol. The van der Waals surface area contributed by atoms with Crippen molar-refractivity contribution in [2.45, 2.75) is 13.1 Å². The number of nitrogens with two attached hydrogens (primary N) is 3. The number of rotatable bonds is 3. The smallest absolute Gasteiger partial charge is 0.224 e. The lowest BCUT2D eigenvalue weighted by atomic mass is 10.4. The van der Waals surface area contributed by atoms with Crippen molar-refractivity contribution in [3.05, 3.63) is 0 Å². The van der Waals surface area contributed by atoms with Crippen LogP contribution in [0.15, 0.2) is 0 Å². The molecule has 1 unspecified atom stereocenters. The van der Waals surface area contributed by atoms with E-state index < -0.39 is 0 Å². The molecule has 1 heterocycles. The third-order valence-corrected chi connectivity index (χ3v) is 1.78. The minimum absolute atomic E-state index is 0.0194. The van der Waals surface area contributed by atoms with Crippen LogP contribution in [0, 0.1) is 0 Å². The SMILES string of the molecule is CNC(C)Nc1nc(N)nc(N)c1N. The summed E-state index contributed by atoms with van der Waals surface area (Å²) in [7, 11) is 1.81. The van der Waals surface area contributed by atoms with Gasteiger partial charge in [-0.1, -0.05) is 0 Å². The lowest BCUT2D eigenvalue weighted by molar-refractivity contribution is 0.679. The fourth-order valence-corrected chi connectivity index (χ4v) is 0.892. The Morgan fingerprint density at radius 1 is 1.21 bits per heavy atom. The number of hydrogen-bond acceptors (Lipinski definition) is 7. The van der Waals surface area contributed by atoms with Gasteiger partial charge >= 0.3 is 0 Å². The molecule has 8 N–H and O–H groups in total. The molecule has 0 aliphatic carbocycles. The van der Waals surface area contributed by atoms with E-state index in [-0.39, 0.29) is 17.9 Å². The van der Waals surface area contributed by atoms with Crippen molar-refractivity contribution in [1.29, 1.82) is 0 Å². The van der Waals surface area contributed by atoms with Crippen LogP contribution >= 0.6 is 0 Å². The predicted octanol–water partition coefficient (Wildman–Crippen LogP) is -0.799. The molecule has 0 aliphatic heterocycles. The van der Waals surface area contributed by atoms with Crippen LogP contribution in [0.5, 0.6) is 0 Å². The fourth-order valence-electron chi connectivity index (χ4n) is 0.892. The van der Waals surface area contributed by atoms with E-state index in [0.717, 1.165) is 0 Å². The van der Waals surface area contributed by atoms with Crippen molar-refractivity contribution in [2.24, 2.45) is 0 Å². The van der Waals surface area contributed by atoms with Crippen molar-refractivity contribution < 1.29 is 0 Å². The molecule has 7 heteroatoms. The topological polar surface area (TPSA) is 128 Å². The average Bonchev–Trinajstić information content (AvgIpc) is 2.13. The Hall–Kier alpha value is -1.76. The lowest BCUT2D eigenvalue weighted by Crippen LogP contribution is -2.30. The molecule has 0 aromatic carbocycles. The summed E-state index contributed by atoms with van der Waals surface area (Å²) >= 11 is 0. The Balaban J connectivity index is 2.96. The number of anilines is 4. The normalized spacial score (nSPS) is 12.4. The third kappa shape index (κ3) is 2.13. The monoisotopic (exact) mass is 197 g/mol. The summed E-state index contributed by atoms with van der Waals surface area (Å²) < 4.78 is 0. The molecule has 0 radical (unpaired) electrons. The summed E-state index contributed by atoms with van der Waals surface area (Å²) in [6, 6.07) is 0. The van der Waals surface area contributed by atoms with Crippen LogP contribution < -0.4 is 27.8 Å². The minimum Gasteiger partial charge on any atom is -0.393 e. The van der Waals surface area contributed by atoms with Gasteiger partial charge in [0.05, 0.1) is 6.17 Å². The van der Waals surface area contributed by atoms with E-state index in [1.54, 1.807) is 0 Å². The van der Waals surface area contributed by atoms with E-state index in [2.05, 4.69) is 20.6 Å². The Bertz CT molecular complexity index is 324. The van der Waals surface area contributed by atoms with Gasteiger partial charge in [-0.15, -0.1) is 0 Å². The van der Waals surface area contributed by atoms with Gasteiger partial charge in [0, 0.05) is 0 Å². The van der Waals surface area contributed by atoms with Gasteiger partial charge in [-0.05, 0) is 14.0 Å². The second-order valence-corrected chi connectivity index (χ2v) is 2.88. The molecule has 14 heavy (non-hydrogen) atoms. The van der Waals surface area contributed by atoms with Gasteiger partial charge in [-0.3, -0.25) is 0 Å². The Labute approximate surface area is 82.1 Å². The number of hydrogen-bond donors (Lipinski definition) is 5. The van der Waals surface area contributed by atoms with E-state index in [1.807, 2.05) is 14.0 Å². The van der Waals surface area contributed by atoms with E-state index >= 15 is 0 Å². The van der Waals surface area contributed by atoms with Gasteiger partial charge in [0.1, 0.15) is 5.69 Å². The highest BCUT2D eigenvalue weighted by Crippen LogP contribution is 2.21. The van der Waals surface area contributed by atoms with E-state index in [0.29, 0.717) is 11.5 Å². The van der Waals surface area contributed by atoms with Crippen LogP contribution in [0.2, 0.25) is 0 Å². The van der Waals surface area contributed by atoms with Gasteiger partial charge in [-0.25, -0.2) is 0 Å². The zero-order chi connectivity index (χ0) is 10.7. The highest BCUT2D eigenvalue weighted by Gasteiger charge is 2.09. The van der Waals surface area contributed by atoms with E-state index in [1.165, 1.54) is 0 Å². The molecule has 0 fully saturated rings. The number of nitrogen functional groups attached to an aromatic ring is 3. The maximum Gasteiger partial charge on any atom is 0.224 e. The number of nitrogens with one attached hydrogen (secondary N) is 2. The van der Waals surface area contributed by atoms with Gasteiger partial charge in [0.25, 0.3) is 0 Å². The maximum absolute atomic E-state index is 5.66. The Morgan fingerprint density at radius 3 is 2.43 bits per heavy atom. The Morgan fingerprint density at radius 2 is 1.86 bits per heavy atom. The molecule has 1 rings (SSSR count). The second kappa shape index (κ2) is 3.97. The van der Waals surface area contributed by atoms with Crippen molar-refractivity contribution in [3.8, 4) is 0 Å². The van der Waals surface area contributed by atoms with Crippen LogP contribution in [0.1, 0.15) is 6.92 Å². The second-order valence-electron chi connectivity index (χ2n) is 2.88. The first-order chi connectivity index (χ1) is 6.54. The number of aromatic nitrogens is 2. The van der Waals surface area contributed by atoms with Crippen LogP contribution in [0.4, 0.5) is 23.3 Å². The quantitative estimate of drug-likeness (QED) is 0.401. The first kappa shape index (κ1) is 10.3. The molecule has 0 spiro atoms. The van der Waals surface area contributed by atoms with Gasteiger partial charge in [0.2, 0.25) is 5.95 Å². The minimum atomic E-state index is 0.0194. The standard InChI is InChI=1S/C7H15N7/c1-3(11-2)12-6-4(8)5(9)13-7(10)14-6/h3,11H,8H2,1-2H3,(H5,9,10,12,13,14). The van der Waals surface area contributed by atoms with Crippen molar-refractivity contribution >= 4 is 23.3 Å². The predicted molar refractivity (Wildman–Crippen MR) is 57.4 cm³/mol.